The van der Waals surface area contributed by atoms with Crippen LogP contribution in [-0.2, 0) is 6.54 Å². The van der Waals surface area contributed by atoms with Gasteiger partial charge in [-0.3, -0.25) is 14.7 Å². The highest BCUT2D eigenvalue weighted by atomic mass is 15.3. The molecule has 2 aromatic heterocycles. The minimum absolute atomic E-state index is 0.768. The zero-order valence-electron chi connectivity index (χ0n) is 12.7. The van der Waals surface area contributed by atoms with E-state index in [9.17, 15) is 0 Å². The number of aryl methyl sites for hydroxylation is 1. The molecule has 0 spiro atoms. The highest BCUT2D eigenvalue weighted by Gasteiger charge is 2.14. The topological polar surface area (TPSA) is 43.1 Å². The maximum Gasteiger partial charge on any atom is 0.103 e. The van der Waals surface area contributed by atoms with Gasteiger partial charge in [-0.2, -0.15) is 5.10 Å². The van der Waals surface area contributed by atoms with Crippen LogP contribution in [0.5, 0.6) is 0 Å². The van der Waals surface area contributed by atoms with Crippen LogP contribution in [0.25, 0.3) is 11.3 Å². The molecule has 2 rings (SSSR count). The van der Waals surface area contributed by atoms with Crippen molar-refractivity contribution in [3.63, 3.8) is 0 Å². The Morgan fingerprint density at radius 1 is 1.48 bits per heavy atom. The maximum atomic E-state index is 4.64. The van der Waals surface area contributed by atoms with Gasteiger partial charge in [0.05, 0.1) is 5.71 Å². The SMILES string of the molecule is C=C(C)N=C(/C=C\C)c1cn(CC)nc1-c1cccnc1. The van der Waals surface area contributed by atoms with E-state index in [4.69, 9.17) is 0 Å². The smallest absolute Gasteiger partial charge is 0.103 e. The third kappa shape index (κ3) is 3.54. The van der Waals surface area contributed by atoms with Crippen LogP contribution in [0, 0.1) is 0 Å². The lowest BCUT2D eigenvalue weighted by Crippen LogP contribution is -1.98. The molecular formula is C17H20N4. The van der Waals surface area contributed by atoms with Crippen LogP contribution < -0.4 is 0 Å². The Balaban J connectivity index is 2.62. The number of allylic oxidation sites excluding steroid dienone is 3. The molecule has 2 aromatic rings. The molecule has 0 aliphatic carbocycles. The minimum Gasteiger partial charge on any atom is -0.272 e. The average Bonchev–Trinajstić information content (AvgIpc) is 2.91. The Kier molecular flexibility index (Phi) is 4.82. The van der Waals surface area contributed by atoms with E-state index in [1.165, 1.54) is 0 Å². The Labute approximate surface area is 125 Å². The van der Waals surface area contributed by atoms with Crippen molar-refractivity contribution in [2.24, 2.45) is 4.99 Å². The molecule has 0 saturated heterocycles. The average molecular weight is 280 g/mol. The molecule has 0 saturated carbocycles. The molecule has 0 fully saturated rings. The van der Waals surface area contributed by atoms with Gasteiger partial charge < -0.3 is 0 Å². The second-order valence-corrected chi connectivity index (χ2v) is 4.72. The van der Waals surface area contributed by atoms with Gasteiger partial charge in [-0.05, 0) is 39.0 Å². The lowest BCUT2D eigenvalue weighted by atomic mass is 10.1. The third-order valence-electron chi connectivity index (χ3n) is 2.93. The van der Waals surface area contributed by atoms with Gasteiger partial charge in [0.1, 0.15) is 5.69 Å². The molecule has 0 atom stereocenters. The molecule has 0 aliphatic heterocycles. The Morgan fingerprint density at radius 2 is 2.29 bits per heavy atom. The Morgan fingerprint density at radius 3 is 2.86 bits per heavy atom. The van der Waals surface area contributed by atoms with E-state index < -0.39 is 0 Å². The van der Waals surface area contributed by atoms with Crippen LogP contribution >= 0.6 is 0 Å². The lowest BCUT2D eigenvalue weighted by Gasteiger charge is -2.03. The van der Waals surface area contributed by atoms with Crippen molar-refractivity contribution < 1.29 is 0 Å². The number of hydrogen-bond donors (Lipinski definition) is 0. The highest BCUT2D eigenvalue weighted by molar-refractivity contribution is 6.12. The normalized spacial score (nSPS) is 12.0. The summed E-state index contributed by atoms with van der Waals surface area (Å²) in [5, 5.41) is 4.64. The molecule has 0 aliphatic rings. The van der Waals surface area contributed by atoms with Crippen LogP contribution in [-0.4, -0.2) is 20.5 Å². The molecule has 0 aromatic carbocycles. The van der Waals surface area contributed by atoms with Crippen molar-refractivity contribution in [1.29, 1.82) is 0 Å². The van der Waals surface area contributed by atoms with Gasteiger partial charge in [0.2, 0.25) is 0 Å². The van der Waals surface area contributed by atoms with Crippen molar-refractivity contribution in [3.05, 3.63) is 60.7 Å². The van der Waals surface area contributed by atoms with E-state index in [0.717, 1.165) is 34.8 Å². The fourth-order valence-electron chi connectivity index (χ4n) is 2.04. The summed E-state index contributed by atoms with van der Waals surface area (Å²) in [4.78, 5) is 8.71. The summed E-state index contributed by atoms with van der Waals surface area (Å²) in [6.45, 7) is 10.6. The summed E-state index contributed by atoms with van der Waals surface area (Å²) < 4.78 is 1.91. The highest BCUT2D eigenvalue weighted by Crippen LogP contribution is 2.23. The zero-order chi connectivity index (χ0) is 15.2. The van der Waals surface area contributed by atoms with Crippen LogP contribution in [0.3, 0.4) is 0 Å². The van der Waals surface area contributed by atoms with E-state index in [1.54, 1.807) is 6.20 Å². The second kappa shape index (κ2) is 6.79. The van der Waals surface area contributed by atoms with Gasteiger partial charge >= 0.3 is 0 Å². The summed E-state index contributed by atoms with van der Waals surface area (Å²) in [5.74, 6) is 0. The van der Waals surface area contributed by atoms with Gasteiger partial charge in [-0.1, -0.05) is 12.7 Å². The molecule has 0 amide bonds. The van der Waals surface area contributed by atoms with Crippen molar-refractivity contribution in [3.8, 4) is 11.3 Å². The van der Waals surface area contributed by atoms with Crippen molar-refractivity contribution >= 4 is 5.71 Å². The van der Waals surface area contributed by atoms with Gasteiger partial charge in [-0.25, -0.2) is 0 Å². The van der Waals surface area contributed by atoms with Gasteiger partial charge in [0.25, 0.3) is 0 Å². The molecule has 2 heterocycles. The monoisotopic (exact) mass is 280 g/mol. The van der Waals surface area contributed by atoms with Crippen LogP contribution in [0.15, 0.2) is 60.1 Å². The summed E-state index contributed by atoms with van der Waals surface area (Å²) in [5.41, 5.74) is 4.50. The van der Waals surface area contributed by atoms with E-state index in [2.05, 4.69) is 28.6 Å². The van der Waals surface area contributed by atoms with Crippen LogP contribution in [0.2, 0.25) is 0 Å². The standard InChI is InChI=1S/C17H20N4/c1-5-8-16(19-13(3)4)15-12-21(6-2)20-17(15)14-9-7-10-18-11-14/h5,7-12H,3,6H2,1-2,4H3/b8-5-,19-16?. The third-order valence-corrected chi connectivity index (χ3v) is 2.93. The minimum atomic E-state index is 0.768. The van der Waals surface area contributed by atoms with Crippen LogP contribution in [0.4, 0.5) is 0 Å². The van der Waals surface area contributed by atoms with Crippen molar-refractivity contribution in [2.45, 2.75) is 27.3 Å². The molecule has 0 radical (unpaired) electrons. The number of aromatic nitrogens is 3. The van der Waals surface area contributed by atoms with E-state index >= 15 is 0 Å². The van der Waals surface area contributed by atoms with Gasteiger partial charge in [-0.15, -0.1) is 0 Å². The first-order valence-electron chi connectivity index (χ1n) is 7.00. The van der Waals surface area contributed by atoms with Crippen molar-refractivity contribution in [1.82, 2.24) is 14.8 Å². The van der Waals surface area contributed by atoms with E-state index in [0.29, 0.717) is 0 Å². The molecule has 4 heteroatoms. The zero-order valence-corrected chi connectivity index (χ0v) is 12.7. The predicted octanol–water partition coefficient (Wildman–Crippen LogP) is 3.86. The number of pyridine rings is 1. The fourth-order valence-corrected chi connectivity index (χ4v) is 2.04. The summed E-state index contributed by atoms with van der Waals surface area (Å²) in [7, 11) is 0. The number of rotatable bonds is 5. The molecule has 108 valence electrons. The molecule has 0 bridgehead atoms. The maximum absolute atomic E-state index is 4.64. The largest absolute Gasteiger partial charge is 0.272 e. The number of nitrogens with zero attached hydrogens (tertiary/aromatic N) is 4. The first-order valence-corrected chi connectivity index (χ1v) is 7.00. The van der Waals surface area contributed by atoms with E-state index in [-0.39, 0.29) is 0 Å². The second-order valence-electron chi connectivity index (χ2n) is 4.72. The summed E-state index contributed by atoms with van der Waals surface area (Å²) >= 11 is 0. The van der Waals surface area contributed by atoms with Gasteiger partial charge in [0.15, 0.2) is 0 Å². The quantitative estimate of drug-likeness (QED) is 0.780. The van der Waals surface area contributed by atoms with Crippen molar-refractivity contribution in [2.75, 3.05) is 0 Å². The molecule has 4 nitrogen and oxygen atoms in total. The molecular weight excluding hydrogens is 260 g/mol. The Bertz CT molecular complexity index is 678. The lowest BCUT2D eigenvalue weighted by molar-refractivity contribution is 0.662. The molecule has 21 heavy (non-hydrogen) atoms. The summed E-state index contributed by atoms with van der Waals surface area (Å²) in [6.07, 6.45) is 9.54. The number of hydrogen-bond acceptors (Lipinski definition) is 3. The first kappa shape index (κ1) is 14.9. The fraction of sp³-hybridized carbons (Fsp3) is 0.235. The first-order chi connectivity index (χ1) is 10.2. The van der Waals surface area contributed by atoms with Crippen LogP contribution in [0.1, 0.15) is 26.3 Å². The van der Waals surface area contributed by atoms with Gasteiger partial charge in [0, 0.05) is 42.0 Å². The molecule has 0 unspecified atom stereocenters. The Hall–Kier alpha value is -2.49. The van der Waals surface area contributed by atoms with E-state index in [1.807, 2.05) is 55.2 Å². The predicted molar refractivity (Wildman–Crippen MR) is 87.3 cm³/mol. The number of aliphatic imine (C=N–C) groups is 1. The molecule has 0 N–H and O–H groups in total. The summed E-state index contributed by atoms with van der Waals surface area (Å²) in [6, 6.07) is 3.92.